The number of rotatable bonds is 7. The number of nitrogens with zero attached hydrogens (tertiary/aromatic N) is 1. The van der Waals surface area contributed by atoms with E-state index >= 15 is 0 Å². The van der Waals surface area contributed by atoms with Crippen LogP contribution in [0.15, 0.2) is 42.6 Å². The maximum absolute atomic E-state index is 12.2. The molecule has 0 fully saturated rings. The van der Waals surface area contributed by atoms with Gasteiger partial charge in [-0.3, -0.25) is 4.79 Å². The smallest absolute Gasteiger partial charge is 0.251 e. The summed E-state index contributed by atoms with van der Waals surface area (Å²) < 4.78 is 11.0. The lowest BCUT2D eigenvalue weighted by atomic mass is 10.2. The number of aryl methyl sites for hydroxylation is 1. The second-order valence-corrected chi connectivity index (χ2v) is 5.32. The molecule has 0 radical (unpaired) electrons. The zero-order chi connectivity index (χ0) is 16.7. The largest absolute Gasteiger partial charge is 0.491 e. The summed E-state index contributed by atoms with van der Waals surface area (Å²) in [6.07, 6.45) is 1.56. The molecule has 2 rings (SSSR count). The van der Waals surface area contributed by atoms with Gasteiger partial charge in [0.1, 0.15) is 12.4 Å². The van der Waals surface area contributed by atoms with E-state index in [0.717, 1.165) is 11.3 Å². The van der Waals surface area contributed by atoms with E-state index in [-0.39, 0.29) is 11.9 Å². The molecule has 5 heteroatoms. The summed E-state index contributed by atoms with van der Waals surface area (Å²) in [7, 11) is 0. The molecule has 23 heavy (non-hydrogen) atoms. The molecule has 1 aromatic heterocycles. The maximum Gasteiger partial charge on any atom is 0.251 e. The third-order valence-corrected chi connectivity index (χ3v) is 3.16. The molecule has 0 saturated heterocycles. The molecule has 0 aliphatic rings. The van der Waals surface area contributed by atoms with E-state index in [1.807, 2.05) is 45.0 Å². The SMILES string of the molecule is CCOc1cc(C(=O)NC(C)COc2cccc(C)c2)ccn1. The molecule has 1 aromatic carbocycles. The molecular weight excluding hydrogens is 292 g/mol. The van der Waals surface area contributed by atoms with Crippen LogP contribution in [0.25, 0.3) is 0 Å². The van der Waals surface area contributed by atoms with Crippen molar-refractivity contribution in [1.82, 2.24) is 10.3 Å². The number of nitrogens with one attached hydrogen (secondary N) is 1. The molecule has 1 amide bonds. The minimum absolute atomic E-state index is 0.119. The van der Waals surface area contributed by atoms with E-state index < -0.39 is 0 Å². The van der Waals surface area contributed by atoms with Crippen molar-refractivity contribution >= 4 is 5.91 Å². The fraction of sp³-hybridized carbons (Fsp3) is 0.333. The second kappa shape index (κ2) is 8.17. The highest BCUT2D eigenvalue weighted by molar-refractivity contribution is 5.94. The Bertz CT molecular complexity index is 658. The summed E-state index contributed by atoms with van der Waals surface area (Å²) in [5.41, 5.74) is 1.66. The second-order valence-electron chi connectivity index (χ2n) is 5.32. The third-order valence-electron chi connectivity index (χ3n) is 3.16. The van der Waals surface area contributed by atoms with Crippen LogP contribution in [0, 0.1) is 6.92 Å². The highest BCUT2D eigenvalue weighted by atomic mass is 16.5. The first-order chi connectivity index (χ1) is 11.1. The number of benzene rings is 1. The maximum atomic E-state index is 12.2. The minimum atomic E-state index is -0.173. The average Bonchev–Trinajstić information content (AvgIpc) is 2.53. The quantitative estimate of drug-likeness (QED) is 0.853. The Labute approximate surface area is 136 Å². The first-order valence-electron chi connectivity index (χ1n) is 7.67. The Balaban J connectivity index is 1.88. The van der Waals surface area contributed by atoms with Crippen LogP contribution in [0.2, 0.25) is 0 Å². The zero-order valence-corrected chi connectivity index (χ0v) is 13.7. The molecular formula is C18H22N2O3. The lowest BCUT2D eigenvalue weighted by molar-refractivity contribution is 0.0926. The van der Waals surface area contributed by atoms with Gasteiger partial charge in [-0.2, -0.15) is 0 Å². The Morgan fingerprint density at radius 2 is 2.09 bits per heavy atom. The molecule has 5 nitrogen and oxygen atoms in total. The van der Waals surface area contributed by atoms with Gasteiger partial charge in [-0.15, -0.1) is 0 Å². The molecule has 1 N–H and O–H groups in total. The predicted octanol–water partition coefficient (Wildman–Crippen LogP) is 2.99. The van der Waals surface area contributed by atoms with Crippen molar-refractivity contribution in [3.05, 3.63) is 53.7 Å². The van der Waals surface area contributed by atoms with Gasteiger partial charge in [0.15, 0.2) is 0 Å². The van der Waals surface area contributed by atoms with Crippen molar-refractivity contribution < 1.29 is 14.3 Å². The zero-order valence-electron chi connectivity index (χ0n) is 13.7. The summed E-state index contributed by atoms with van der Waals surface area (Å²) >= 11 is 0. The van der Waals surface area contributed by atoms with Gasteiger partial charge in [0.2, 0.25) is 5.88 Å². The van der Waals surface area contributed by atoms with Gasteiger partial charge in [0.05, 0.1) is 12.6 Å². The van der Waals surface area contributed by atoms with Crippen LogP contribution in [-0.2, 0) is 0 Å². The van der Waals surface area contributed by atoms with Crippen molar-refractivity contribution in [2.75, 3.05) is 13.2 Å². The molecule has 0 aliphatic carbocycles. The van der Waals surface area contributed by atoms with Crippen LogP contribution in [0.3, 0.4) is 0 Å². The summed E-state index contributed by atoms with van der Waals surface area (Å²) in [5, 5.41) is 2.90. The van der Waals surface area contributed by atoms with Crippen LogP contribution < -0.4 is 14.8 Å². The first kappa shape index (κ1) is 16.8. The standard InChI is InChI=1S/C18H22N2O3/c1-4-22-17-11-15(8-9-19-17)18(21)20-14(3)12-23-16-7-5-6-13(2)10-16/h5-11,14H,4,12H2,1-3H3,(H,20,21). The molecule has 1 atom stereocenters. The summed E-state index contributed by atoms with van der Waals surface area (Å²) in [6.45, 7) is 6.70. The van der Waals surface area contributed by atoms with Crippen LogP contribution >= 0.6 is 0 Å². The molecule has 1 heterocycles. The van der Waals surface area contributed by atoms with Crippen molar-refractivity contribution in [3.8, 4) is 11.6 Å². The van der Waals surface area contributed by atoms with Crippen molar-refractivity contribution in [1.29, 1.82) is 0 Å². The van der Waals surface area contributed by atoms with Crippen molar-refractivity contribution in [3.63, 3.8) is 0 Å². The normalized spacial score (nSPS) is 11.6. The van der Waals surface area contributed by atoms with Gasteiger partial charge >= 0.3 is 0 Å². The Morgan fingerprint density at radius 3 is 2.83 bits per heavy atom. The topological polar surface area (TPSA) is 60.5 Å². The molecule has 1 unspecified atom stereocenters. The number of hydrogen-bond donors (Lipinski definition) is 1. The van der Waals surface area contributed by atoms with E-state index in [1.165, 1.54) is 0 Å². The lowest BCUT2D eigenvalue weighted by Crippen LogP contribution is -2.36. The van der Waals surface area contributed by atoms with Crippen LogP contribution in [-0.4, -0.2) is 30.1 Å². The highest BCUT2D eigenvalue weighted by Gasteiger charge is 2.11. The summed E-state index contributed by atoms with van der Waals surface area (Å²) in [4.78, 5) is 16.3. The van der Waals surface area contributed by atoms with Gasteiger partial charge in [-0.05, 0) is 44.5 Å². The van der Waals surface area contributed by atoms with E-state index in [9.17, 15) is 4.79 Å². The summed E-state index contributed by atoms with van der Waals surface area (Å²) in [5.74, 6) is 1.08. The molecule has 0 saturated carbocycles. The molecule has 0 bridgehead atoms. The van der Waals surface area contributed by atoms with Crippen LogP contribution in [0.5, 0.6) is 11.6 Å². The number of pyridine rings is 1. The summed E-state index contributed by atoms with van der Waals surface area (Å²) in [6, 6.07) is 11.0. The fourth-order valence-electron chi connectivity index (χ4n) is 2.05. The number of hydrogen-bond acceptors (Lipinski definition) is 4. The van der Waals surface area contributed by atoms with E-state index in [1.54, 1.807) is 18.3 Å². The van der Waals surface area contributed by atoms with Crippen LogP contribution in [0.4, 0.5) is 0 Å². The molecule has 0 spiro atoms. The predicted molar refractivity (Wildman–Crippen MR) is 89.0 cm³/mol. The van der Waals surface area contributed by atoms with E-state index in [0.29, 0.717) is 24.7 Å². The van der Waals surface area contributed by atoms with Gasteiger partial charge in [0.25, 0.3) is 5.91 Å². The van der Waals surface area contributed by atoms with Gasteiger partial charge < -0.3 is 14.8 Å². The third kappa shape index (κ3) is 5.29. The molecule has 0 aliphatic heterocycles. The highest BCUT2D eigenvalue weighted by Crippen LogP contribution is 2.13. The monoisotopic (exact) mass is 314 g/mol. The number of ether oxygens (including phenoxy) is 2. The minimum Gasteiger partial charge on any atom is -0.491 e. The van der Waals surface area contributed by atoms with Gasteiger partial charge in [-0.1, -0.05) is 12.1 Å². The van der Waals surface area contributed by atoms with Gasteiger partial charge in [-0.25, -0.2) is 4.98 Å². The van der Waals surface area contributed by atoms with Crippen molar-refractivity contribution in [2.45, 2.75) is 26.8 Å². The van der Waals surface area contributed by atoms with Crippen LogP contribution in [0.1, 0.15) is 29.8 Å². The lowest BCUT2D eigenvalue weighted by Gasteiger charge is -2.15. The number of carbonyl (C=O) groups excluding carboxylic acids is 1. The Hall–Kier alpha value is -2.56. The molecule has 2 aromatic rings. The molecule has 122 valence electrons. The van der Waals surface area contributed by atoms with Crippen molar-refractivity contribution in [2.24, 2.45) is 0 Å². The first-order valence-corrected chi connectivity index (χ1v) is 7.67. The average molecular weight is 314 g/mol. The Morgan fingerprint density at radius 1 is 1.26 bits per heavy atom. The number of aromatic nitrogens is 1. The van der Waals surface area contributed by atoms with Gasteiger partial charge in [0, 0.05) is 17.8 Å². The fourth-order valence-corrected chi connectivity index (χ4v) is 2.05. The van der Waals surface area contributed by atoms with E-state index in [2.05, 4.69) is 10.3 Å². The number of amides is 1. The Kier molecular flexibility index (Phi) is 5.97. The van der Waals surface area contributed by atoms with E-state index in [4.69, 9.17) is 9.47 Å². The number of carbonyl (C=O) groups is 1.